The SMILES string of the molecule is Cc1n[nH]c(C)c1CN[C@H]1CCC[C@H](NC(=O)OC(C)(C)C)C1. The largest absolute Gasteiger partial charge is 0.444 e. The molecule has 1 aliphatic carbocycles. The van der Waals surface area contributed by atoms with Gasteiger partial charge in [-0.05, 0) is 60.3 Å². The minimum absolute atomic E-state index is 0.183. The average Bonchev–Trinajstić information content (AvgIpc) is 2.74. The molecule has 0 aromatic carbocycles. The number of rotatable bonds is 4. The molecule has 2 rings (SSSR count). The topological polar surface area (TPSA) is 79.0 Å². The van der Waals surface area contributed by atoms with E-state index in [4.69, 9.17) is 4.74 Å². The minimum atomic E-state index is -0.452. The molecular weight excluding hydrogens is 292 g/mol. The number of aromatic amines is 1. The van der Waals surface area contributed by atoms with Crippen molar-refractivity contribution in [1.82, 2.24) is 20.8 Å². The van der Waals surface area contributed by atoms with E-state index in [2.05, 4.69) is 20.8 Å². The molecular formula is C17H30N4O2. The second-order valence-electron chi connectivity index (χ2n) is 7.50. The number of nitrogens with one attached hydrogen (secondary N) is 3. The van der Waals surface area contributed by atoms with Gasteiger partial charge in [0.2, 0.25) is 0 Å². The number of aromatic nitrogens is 2. The number of carbonyl (C=O) groups is 1. The van der Waals surface area contributed by atoms with E-state index in [9.17, 15) is 4.79 Å². The Morgan fingerprint density at radius 2 is 2.00 bits per heavy atom. The van der Waals surface area contributed by atoms with Gasteiger partial charge in [-0.25, -0.2) is 4.79 Å². The highest BCUT2D eigenvalue weighted by atomic mass is 16.6. The molecule has 0 saturated heterocycles. The maximum atomic E-state index is 11.9. The van der Waals surface area contributed by atoms with Crippen LogP contribution in [0.3, 0.4) is 0 Å². The van der Waals surface area contributed by atoms with Gasteiger partial charge in [0.15, 0.2) is 0 Å². The molecule has 6 nitrogen and oxygen atoms in total. The van der Waals surface area contributed by atoms with Gasteiger partial charge in [0.25, 0.3) is 0 Å². The number of alkyl carbamates (subject to hydrolysis) is 1. The van der Waals surface area contributed by atoms with Crippen LogP contribution in [-0.2, 0) is 11.3 Å². The second kappa shape index (κ2) is 7.34. The molecule has 1 amide bonds. The van der Waals surface area contributed by atoms with Gasteiger partial charge >= 0.3 is 6.09 Å². The summed E-state index contributed by atoms with van der Waals surface area (Å²) in [5, 5.41) is 13.9. The third kappa shape index (κ3) is 5.53. The standard InChI is InChI=1S/C17H30N4O2/c1-11-15(12(2)21-20-11)10-18-13-7-6-8-14(9-13)19-16(22)23-17(3,4)5/h13-14,18H,6-10H2,1-5H3,(H,19,22)(H,20,21)/t13-,14-/m0/s1. The molecule has 1 aromatic heterocycles. The number of amides is 1. The van der Waals surface area contributed by atoms with Crippen molar-refractivity contribution in [1.29, 1.82) is 0 Å². The first-order valence-electron chi connectivity index (χ1n) is 8.48. The van der Waals surface area contributed by atoms with Crippen LogP contribution >= 0.6 is 0 Å². The molecule has 1 aliphatic rings. The smallest absolute Gasteiger partial charge is 0.407 e. The van der Waals surface area contributed by atoms with Gasteiger partial charge in [0.1, 0.15) is 5.60 Å². The molecule has 0 radical (unpaired) electrons. The number of nitrogens with zero attached hydrogens (tertiary/aromatic N) is 1. The fourth-order valence-corrected chi connectivity index (χ4v) is 3.06. The van der Waals surface area contributed by atoms with Crippen LogP contribution in [-0.4, -0.2) is 34.0 Å². The number of H-pyrrole nitrogens is 1. The molecule has 6 heteroatoms. The molecule has 130 valence electrons. The zero-order chi connectivity index (χ0) is 17.0. The van der Waals surface area contributed by atoms with E-state index in [1.807, 2.05) is 34.6 Å². The van der Waals surface area contributed by atoms with Crippen LogP contribution in [0.2, 0.25) is 0 Å². The van der Waals surface area contributed by atoms with Crippen molar-refractivity contribution in [3.05, 3.63) is 17.0 Å². The minimum Gasteiger partial charge on any atom is -0.444 e. The van der Waals surface area contributed by atoms with Crippen molar-refractivity contribution in [2.24, 2.45) is 0 Å². The summed E-state index contributed by atoms with van der Waals surface area (Å²) in [6.45, 7) is 10.5. The van der Waals surface area contributed by atoms with Crippen molar-refractivity contribution in [2.75, 3.05) is 0 Å². The normalized spacial score (nSPS) is 22.0. The van der Waals surface area contributed by atoms with Gasteiger partial charge in [-0.2, -0.15) is 5.10 Å². The highest BCUT2D eigenvalue weighted by molar-refractivity contribution is 5.68. The fraction of sp³-hybridized carbons (Fsp3) is 0.765. The van der Waals surface area contributed by atoms with Crippen molar-refractivity contribution >= 4 is 6.09 Å². The zero-order valence-corrected chi connectivity index (χ0v) is 15.0. The molecule has 23 heavy (non-hydrogen) atoms. The summed E-state index contributed by atoms with van der Waals surface area (Å²) in [6, 6.07) is 0.597. The van der Waals surface area contributed by atoms with E-state index in [0.29, 0.717) is 6.04 Å². The van der Waals surface area contributed by atoms with Crippen LogP contribution in [0.5, 0.6) is 0 Å². The zero-order valence-electron chi connectivity index (χ0n) is 15.0. The van der Waals surface area contributed by atoms with Crippen molar-refractivity contribution in [3.63, 3.8) is 0 Å². The van der Waals surface area contributed by atoms with E-state index < -0.39 is 5.60 Å². The molecule has 1 fully saturated rings. The lowest BCUT2D eigenvalue weighted by molar-refractivity contribution is 0.0488. The molecule has 1 saturated carbocycles. The number of carbonyl (C=O) groups excluding carboxylic acids is 1. The van der Waals surface area contributed by atoms with Crippen LogP contribution in [0.15, 0.2) is 0 Å². The van der Waals surface area contributed by atoms with Crippen LogP contribution in [0.4, 0.5) is 4.79 Å². The number of hydrogen-bond acceptors (Lipinski definition) is 4. The van der Waals surface area contributed by atoms with Gasteiger partial charge in [0, 0.05) is 29.9 Å². The molecule has 0 aliphatic heterocycles. The Kier molecular flexibility index (Phi) is 5.68. The van der Waals surface area contributed by atoms with E-state index >= 15 is 0 Å². The number of ether oxygens (including phenoxy) is 1. The maximum absolute atomic E-state index is 11.9. The van der Waals surface area contributed by atoms with Crippen molar-refractivity contribution in [2.45, 2.75) is 84.5 Å². The van der Waals surface area contributed by atoms with Gasteiger partial charge in [-0.1, -0.05) is 0 Å². The van der Waals surface area contributed by atoms with E-state index in [0.717, 1.165) is 43.6 Å². The lowest BCUT2D eigenvalue weighted by Crippen LogP contribution is -2.45. The molecule has 2 atom stereocenters. The quantitative estimate of drug-likeness (QED) is 0.796. The maximum Gasteiger partial charge on any atom is 0.407 e. The van der Waals surface area contributed by atoms with Gasteiger partial charge in [0.05, 0.1) is 5.69 Å². The summed E-state index contributed by atoms with van der Waals surface area (Å²) in [4.78, 5) is 11.9. The lowest BCUT2D eigenvalue weighted by atomic mass is 9.91. The first-order valence-corrected chi connectivity index (χ1v) is 8.48. The molecule has 1 aromatic rings. The molecule has 0 bridgehead atoms. The van der Waals surface area contributed by atoms with Crippen molar-refractivity contribution in [3.8, 4) is 0 Å². The monoisotopic (exact) mass is 322 g/mol. The Morgan fingerprint density at radius 1 is 1.30 bits per heavy atom. The van der Waals surface area contributed by atoms with Gasteiger partial charge < -0.3 is 15.4 Å². The highest BCUT2D eigenvalue weighted by Crippen LogP contribution is 2.20. The van der Waals surface area contributed by atoms with Crippen LogP contribution in [0.25, 0.3) is 0 Å². The number of aryl methyl sites for hydroxylation is 2. The molecule has 3 N–H and O–H groups in total. The molecule has 0 spiro atoms. The summed E-state index contributed by atoms with van der Waals surface area (Å²) in [7, 11) is 0. The highest BCUT2D eigenvalue weighted by Gasteiger charge is 2.25. The van der Waals surface area contributed by atoms with E-state index in [1.165, 1.54) is 5.56 Å². The fourth-order valence-electron chi connectivity index (χ4n) is 3.06. The van der Waals surface area contributed by atoms with E-state index in [1.54, 1.807) is 0 Å². The summed E-state index contributed by atoms with van der Waals surface area (Å²) >= 11 is 0. The van der Waals surface area contributed by atoms with E-state index in [-0.39, 0.29) is 12.1 Å². The first kappa shape index (κ1) is 17.8. The third-order valence-electron chi connectivity index (χ3n) is 4.24. The summed E-state index contributed by atoms with van der Waals surface area (Å²) in [5.74, 6) is 0. The van der Waals surface area contributed by atoms with Crippen LogP contribution in [0, 0.1) is 13.8 Å². The summed E-state index contributed by atoms with van der Waals surface area (Å²) in [6.07, 6.45) is 3.89. The van der Waals surface area contributed by atoms with Gasteiger partial charge in [-0.3, -0.25) is 5.10 Å². The third-order valence-corrected chi connectivity index (χ3v) is 4.24. The van der Waals surface area contributed by atoms with Crippen LogP contribution in [0.1, 0.15) is 63.4 Å². The second-order valence-corrected chi connectivity index (χ2v) is 7.50. The predicted octanol–water partition coefficient (Wildman–Crippen LogP) is 2.95. The average molecular weight is 322 g/mol. The Morgan fingerprint density at radius 3 is 2.61 bits per heavy atom. The Hall–Kier alpha value is -1.56. The summed E-state index contributed by atoms with van der Waals surface area (Å²) in [5.41, 5.74) is 2.96. The molecule has 1 heterocycles. The van der Waals surface area contributed by atoms with Gasteiger partial charge in [-0.15, -0.1) is 0 Å². The Balaban J connectivity index is 1.80. The first-order chi connectivity index (χ1) is 10.7. The van der Waals surface area contributed by atoms with Crippen LogP contribution < -0.4 is 10.6 Å². The lowest BCUT2D eigenvalue weighted by Gasteiger charge is -2.31. The Bertz CT molecular complexity index is 514. The molecule has 0 unspecified atom stereocenters. The number of hydrogen-bond donors (Lipinski definition) is 3. The summed E-state index contributed by atoms with van der Waals surface area (Å²) < 4.78 is 5.34. The predicted molar refractivity (Wildman–Crippen MR) is 90.3 cm³/mol. The van der Waals surface area contributed by atoms with Crippen molar-refractivity contribution < 1.29 is 9.53 Å². The Labute approximate surface area is 138 Å².